The average molecular weight is 318 g/mol. The molecule has 0 aliphatic heterocycles. The van der Waals surface area contributed by atoms with Gasteiger partial charge >= 0.3 is 0 Å². The lowest BCUT2D eigenvalue weighted by atomic mass is 10.1. The van der Waals surface area contributed by atoms with Crippen molar-refractivity contribution in [2.45, 2.75) is 12.5 Å². The Morgan fingerprint density at radius 1 is 1.28 bits per heavy atom. The van der Waals surface area contributed by atoms with Crippen molar-refractivity contribution in [2.75, 3.05) is 34.0 Å². The third-order valence-electron chi connectivity index (χ3n) is 2.49. The van der Waals surface area contributed by atoms with Crippen LogP contribution in [0.4, 0.5) is 0 Å². The first-order chi connectivity index (χ1) is 8.67. The number of ether oxygens (including phenoxy) is 3. The van der Waals surface area contributed by atoms with E-state index in [1.165, 1.54) is 0 Å². The molecule has 102 valence electrons. The molecule has 4 nitrogen and oxygen atoms in total. The van der Waals surface area contributed by atoms with E-state index < -0.39 is 0 Å². The molecule has 1 aromatic carbocycles. The molecule has 1 rings (SSSR count). The largest absolute Gasteiger partial charge is 0.496 e. The SMILES string of the molecule is COCCOCC(N)Cc1cc(Br)ccc1OC. The van der Waals surface area contributed by atoms with E-state index >= 15 is 0 Å². The monoisotopic (exact) mass is 317 g/mol. The Balaban J connectivity index is 2.47. The van der Waals surface area contributed by atoms with Crippen molar-refractivity contribution < 1.29 is 14.2 Å². The highest BCUT2D eigenvalue weighted by Gasteiger charge is 2.09. The molecule has 0 bridgehead atoms. The van der Waals surface area contributed by atoms with Crippen LogP contribution in [0.2, 0.25) is 0 Å². The van der Waals surface area contributed by atoms with Gasteiger partial charge in [0.1, 0.15) is 5.75 Å². The maximum absolute atomic E-state index is 6.02. The predicted molar refractivity (Wildman–Crippen MR) is 75.1 cm³/mol. The minimum absolute atomic E-state index is 0.0509. The molecule has 0 fully saturated rings. The number of hydrogen-bond acceptors (Lipinski definition) is 4. The summed E-state index contributed by atoms with van der Waals surface area (Å²) in [6.45, 7) is 1.67. The van der Waals surface area contributed by atoms with E-state index in [9.17, 15) is 0 Å². The van der Waals surface area contributed by atoms with Gasteiger partial charge in [0.25, 0.3) is 0 Å². The third-order valence-corrected chi connectivity index (χ3v) is 2.98. The molecule has 0 amide bonds. The number of benzene rings is 1. The molecule has 0 heterocycles. The van der Waals surface area contributed by atoms with Gasteiger partial charge in [-0.1, -0.05) is 15.9 Å². The zero-order valence-corrected chi connectivity index (χ0v) is 12.4. The van der Waals surface area contributed by atoms with Crippen LogP contribution in [-0.2, 0) is 15.9 Å². The van der Waals surface area contributed by atoms with Gasteiger partial charge in [0, 0.05) is 17.6 Å². The van der Waals surface area contributed by atoms with Gasteiger partial charge in [-0.05, 0) is 30.2 Å². The van der Waals surface area contributed by atoms with Crippen molar-refractivity contribution in [1.82, 2.24) is 0 Å². The molecule has 1 atom stereocenters. The summed E-state index contributed by atoms with van der Waals surface area (Å²) in [5, 5.41) is 0. The van der Waals surface area contributed by atoms with Gasteiger partial charge in [-0.3, -0.25) is 0 Å². The van der Waals surface area contributed by atoms with Gasteiger partial charge in [-0.2, -0.15) is 0 Å². The first kappa shape index (κ1) is 15.4. The molecule has 0 radical (unpaired) electrons. The lowest BCUT2D eigenvalue weighted by molar-refractivity contribution is 0.0636. The topological polar surface area (TPSA) is 53.7 Å². The van der Waals surface area contributed by atoms with Crippen LogP contribution in [0.3, 0.4) is 0 Å². The van der Waals surface area contributed by atoms with E-state index in [-0.39, 0.29) is 6.04 Å². The van der Waals surface area contributed by atoms with E-state index in [0.717, 1.165) is 22.2 Å². The van der Waals surface area contributed by atoms with Crippen LogP contribution >= 0.6 is 15.9 Å². The zero-order valence-electron chi connectivity index (χ0n) is 10.8. The lowest BCUT2D eigenvalue weighted by Crippen LogP contribution is -2.29. The normalized spacial score (nSPS) is 12.4. The highest BCUT2D eigenvalue weighted by atomic mass is 79.9. The molecule has 0 aromatic heterocycles. The van der Waals surface area contributed by atoms with E-state index in [1.807, 2.05) is 18.2 Å². The standard InChI is InChI=1S/C13H20BrNO3/c1-16-5-6-18-9-12(15)8-10-7-11(14)3-4-13(10)17-2/h3-4,7,12H,5-6,8-9,15H2,1-2H3. The second-order valence-corrected chi connectivity index (χ2v) is 4.90. The van der Waals surface area contributed by atoms with Gasteiger partial charge in [0.15, 0.2) is 0 Å². The number of halogens is 1. The molecule has 0 saturated carbocycles. The Kier molecular flexibility index (Phi) is 7.27. The number of hydrogen-bond donors (Lipinski definition) is 1. The van der Waals surface area contributed by atoms with Crippen LogP contribution < -0.4 is 10.5 Å². The third kappa shape index (κ3) is 5.35. The second kappa shape index (κ2) is 8.48. The molecule has 5 heteroatoms. The molecule has 2 N–H and O–H groups in total. The number of nitrogens with two attached hydrogens (primary N) is 1. The van der Waals surface area contributed by atoms with Crippen molar-refractivity contribution in [3.63, 3.8) is 0 Å². The minimum Gasteiger partial charge on any atom is -0.496 e. The van der Waals surface area contributed by atoms with Crippen LogP contribution in [0.5, 0.6) is 5.75 Å². The molecule has 0 aliphatic carbocycles. The van der Waals surface area contributed by atoms with Crippen molar-refractivity contribution in [3.05, 3.63) is 28.2 Å². The van der Waals surface area contributed by atoms with Crippen LogP contribution in [-0.4, -0.2) is 40.1 Å². The van der Waals surface area contributed by atoms with Crippen LogP contribution in [0.1, 0.15) is 5.56 Å². The molecule has 1 aromatic rings. The quantitative estimate of drug-likeness (QED) is 0.745. The van der Waals surface area contributed by atoms with Gasteiger partial charge in [0.2, 0.25) is 0 Å². The lowest BCUT2D eigenvalue weighted by Gasteiger charge is -2.15. The second-order valence-electron chi connectivity index (χ2n) is 3.99. The van der Waals surface area contributed by atoms with Crippen molar-refractivity contribution in [3.8, 4) is 5.75 Å². The molecule has 0 spiro atoms. The number of rotatable bonds is 8. The summed E-state index contributed by atoms with van der Waals surface area (Å²) in [7, 11) is 3.31. The van der Waals surface area contributed by atoms with Crippen LogP contribution in [0.15, 0.2) is 22.7 Å². The summed E-state index contributed by atoms with van der Waals surface area (Å²) in [5.74, 6) is 0.852. The molecular weight excluding hydrogens is 298 g/mol. The fourth-order valence-corrected chi connectivity index (χ4v) is 2.03. The summed E-state index contributed by atoms with van der Waals surface area (Å²) in [6.07, 6.45) is 0.718. The van der Waals surface area contributed by atoms with Crippen LogP contribution in [0.25, 0.3) is 0 Å². The van der Waals surface area contributed by atoms with E-state index in [2.05, 4.69) is 15.9 Å². The van der Waals surface area contributed by atoms with E-state index in [1.54, 1.807) is 14.2 Å². The van der Waals surface area contributed by atoms with Gasteiger partial charge in [0.05, 0.1) is 26.9 Å². The summed E-state index contributed by atoms with van der Waals surface area (Å²) in [4.78, 5) is 0. The average Bonchev–Trinajstić information content (AvgIpc) is 2.35. The first-order valence-electron chi connectivity index (χ1n) is 5.82. The summed E-state index contributed by atoms with van der Waals surface area (Å²) >= 11 is 3.44. The smallest absolute Gasteiger partial charge is 0.122 e. The molecular formula is C13H20BrNO3. The maximum atomic E-state index is 6.02. The Labute approximate surface area is 117 Å². The Morgan fingerprint density at radius 3 is 2.72 bits per heavy atom. The fraction of sp³-hybridized carbons (Fsp3) is 0.538. The van der Waals surface area contributed by atoms with E-state index in [4.69, 9.17) is 19.9 Å². The Morgan fingerprint density at radius 2 is 2.06 bits per heavy atom. The summed E-state index contributed by atoms with van der Waals surface area (Å²) in [6, 6.07) is 5.85. The fourth-order valence-electron chi connectivity index (χ4n) is 1.63. The Bertz CT molecular complexity index is 360. The Hall–Kier alpha value is -0.620. The molecule has 0 saturated heterocycles. The summed E-state index contributed by atoms with van der Waals surface area (Å²) < 4.78 is 16.6. The van der Waals surface area contributed by atoms with Crippen molar-refractivity contribution in [2.24, 2.45) is 5.73 Å². The van der Waals surface area contributed by atoms with E-state index in [0.29, 0.717) is 19.8 Å². The number of methoxy groups -OCH3 is 2. The molecule has 1 unspecified atom stereocenters. The molecule has 18 heavy (non-hydrogen) atoms. The highest BCUT2D eigenvalue weighted by Crippen LogP contribution is 2.23. The predicted octanol–water partition coefficient (Wildman–Crippen LogP) is 1.99. The van der Waals surface area contributed by atoms with Gasteiger partial charge in [-0.25, -0.2) is 0 Å². The highest BCUT2D eigenvalue weighted by molar-refractivity contribution is 9.10. The van der Waals surface area contributed by atoms with Gasteiger partial charge < -0.3 is 19.9 Å². The minimum atomic E-state index is -0.0509. The van der Waals surface area contributed by atoms with Crippen LogP contribution in [0, 0.1) is 0 Å². The van der Waals surface area contributed by atoms with Crippen molar-refractivity contribution >= 4 is 15.9 Å². The summed E-state index contributed by atoms with van der Waals surface area (Å²) in [5.41, 5.74) is 7.10. The first-order valence-corrected chi connectivity index (χ1v) is 6.61. The molecule has 0 aliphatic rings. The zero-order chi connectivity index (χ0) is 13.4. The van der Waals surface area contributed by atoms with Gasteiger partial charge in [-0.15, -0.1) is 0 Å². The maximum Gasteiger partial charge on any atom is 0.122 e. The van der Waals surface area contributed by atoms with Crippen molar-refractivity contribution in [1.29, 1.82) is 0 Å².